The lowest BCUT2D eigenvalue weighted by Crippen LogP contribution is -2.51. The third-order valence-corrected chi connectivity index (χ3v) is 7.41. The molecule has 2 aromatic carbocycles. The first-order valence-corrected chi connectivity index (χ1v) is 12.0. The fourth-order valence-corrected chi connectivity index (χ4v) is 4.08. The molecule has 31 heavy (non-hydrogen) atoms. The van der Waals surface area contributed by atoms with Crippen molar-refractivity contribution in [2.24, 2.45) is 0 Å². The zero-order valence-electron chi connectivity index (χ0n) is 18.7. The van der Waals surface area contributed by atoms with Crippen molar-refractivity contribution in [2.75, 3.05) is 21.5 Å². The number of nitrogens with one attached hydrogen (secondary N) is 2. The van der Waals surface area contributed by atoms with Gasteiger partial charge < -0.3 is 15.0 Å². The third-order valence-electron chi connectivity index (χ3n) is 5.29. The van der Waals surface area contributed by atoms with Crippen molar-refractivity contribution in [1.29, 1.82) is 0 Å². The van der Waals surface area contributed by atoms with Gasteiger partial charge in [-0.1, -0.05) is 12.1 Å². The first kappa shape index (κ1) is 23.3. The number of benzene rings is 2. The zero-order valence-corrected chi connectivity index (χ0v) is 19.5. The molecule has 1 aliphatic heterocycles. The molecule has 8 heteroatoms. The molecule has 2 aromatic rings. The minimum atomic E-state index is -3.45. The number of alkyl halides is 1. The number of hydrogen-bond donors (Lipinski definition) is 2. The molecule has 0 spiro atoms. The quantitative estimate of drug-likeness (QED) is 0.623. The minimum absolute atomic E-state index is 0.0179. The van der Waals surface area contributed by atoms with E-state index in [0.29, 0.717) is 18.8 Å². The summed E-state index contributed by atoms with van der Waals surface area (Å²) in [6.07, 6.45) is -1.64. The van der Waals surface area contributed by atoms with Crippen molar-refractivity contribution in [3.8, 4) is 0 Å². The highest BCUT2D eigenvalue weighted by atomic mass is 32.2. The Labute approximate surface area is 184 Å². The third kappa shape index (κ3) is 5.68. The Morgan fingerprint density at radius 1 is 1.03 bits per heavy atom. The topological polar surface area (TPSA) is 70.7 Å². The summed E-state index contributed by atoms with van der Waals surface area (Å²) in [6, 6.07) is 14.9. The average molecular weight is 450 g/mol. The molecule has 3 rings (SSSR count). The Bertz CT molecular complexity index is 973. The van der Waals surface area contributed by atoms with E-state index in [2.05, 4.69) is 10.0 Å². The molecule has 1 saturated heterocycles. The van der Waals surface area contributed by atoms with Crippen LogP contribution in [0.25, 0.3) is 0 Å². The normalized spacial score (nSPS) is 22.3. The minimum Gasteiger partial charge on any atom is -0.381 e. The molecule has 0 radical (unpaired) electrons. The molecule has 1 heterocycles. The van der Waals surface area contributed by atoms with E-state index in [1.54, 1.807) is 44.7 Å². The van der Waals surface area contributed by atoms with Crippen LogP contribution >= 0.6 is 0 Å². The first-order chi connectivity index (χ1) is 14.5. The number of rotatable bonds is 6. The average Bonchev–Trinajstić information content (AvgIpc) is 2.69. The number of ether oxygens (including phenoxy) is 1. The Hall–Kier alpha value is -2.32. The van der Waals surface area contributed by atoms with E-state index in [0.717, 1.165) is 16.9 Å². The largest absolute Gasteiger partial charge is 0.381 e. The highest BCUT2D eigenvalue weighted by Gasteiger charge is 2.32. The predicted molar refractivity (Wildman–Crippen MR) is 125 cm³/mol. The van der Waals surface area contributed by atoms with E-state index in [1.807, 2.05) is 43.3 Å². The van der Waals surface area contributed by atoms with Gasteiger partial charge in [0.15, 0.2) is 6.30 Å². The molecule has 0 bridgehead atoms. The number of anilines is 3. The number of sulfonamides is 1. The summed E-state index contributed by atoms with van der Waals surface area (Å²) in [5.41, 5.74) is 3.31. The van der Waals surface area contributed by atoms with Crippen LogP contribution in [0.4, 0.5) is 21.5 Å². The molecule has 6 nitrogen and oxygen atoms in total. The maximum absolute atomic E-state index is 14.5. The summed E-state index contributed by atoms with van der Waals surface area (Å²) in [4.78, 5) is 1.74. The van der Waals surface area contributed by atoms with Crippen LogP contribution in [0.1, 0.15) is 40.2 Å². The van der Waals surface area contributed by atoms with Gasteiger partial charge in [-0.15, -0.1) is 0 Å². The van der Waals surface area contributed by atoms with Gasteiger partial charge in [0.2, 0.25) is 10.0 Å². The highest BCUT2D eigenvalue weighted by Crippen LogP contribution is 2.27. The molecule has 3 atom stereocenters. The molecule has 0 aliphatic carbocycles. The standard InChI is InChI=1S/C23H32FN3O3S/c1-16-15-27(22(24)17(2)30-16)21-12-10-19(11-13-21)25-14-18-6-8-20(9-7-18)26-31(28,29)23(3,4)5/h6-13,16-17,22,25-26H,14-15H2,1-5H3. The Kier molecular flexibility index (Phi) is 6.81. The van der Waals surface area contributed by atoms with Crippen LogP contribution < -0.4 is 14.9 Å². The molecule has 0 saturated carbocycles. The van der Waals surface area contributed by atoms with Crippen LogP contribution in [-0.2, 0) is 21.3 Å². The van der Waals surface area contributed by atoms with Gasteiger partial charge in [-0.3, -0.25) is 4.72 Å². The second kappa shape index (κ2) is 9.04. The van der Waals surface area contributed by atoms with E-state index < -0.39 is 27.2 Å². The van der Waals surface area contributed by atoms with Gasteiger partial charge in [-0.25, -0.2) is 12.8 Å². The van der Waals surface area contributed by atoms with Crippen LogP contribution in [0.3, 0.4) is 0 Å². The van der Waals surface area contributed by atoms with E-state index in [1.165, 1.54) is 0 Å². The Morgan fingerprint density at radius 2 is 1.61 bits per heavy atom. The van der Waals surface area contributed by atoms with Crippen LogP contribution in [0.15, 0.2) is 48.5 Å². The second-order valence-corrected chi connectivity index (χ2v) is 11.4. The maximum Gasteiger partial charge on any atom is 0.237 e. The van der Waals surface area contributed by atoms with Crippen molar-refractivity contribution < 1.29 is 17.5 Å². The maximum atomic E-state index is 14.5. The van der Waals surface area contributed by atoms with Crippen LogP contribution in [0.5, 0.6) is 0 Å². The van der Waals surface area contributed by atoms with Crippen molar-refractivity contribution in [1.82, 2.24) is 0 Å². The van der Waals surface area contributed by atoms with Crippen molar-refractivity contribution >= 4 is 27.1 Å². The lowest BCUT2D eigenvalue weighted by Gasteiger charge is -2.39. The fraction of sp³-hybridized carbons (Fsp3) is 0.478. The van der Waals surface area contributed by atoms with E-state index in [4.69, 9.17) is 4.74 Å². The molecule has 2 N–H and O–H groups in total. The van der Waals surface area contributed by atoms with Crippen molar-refractivity contribution in [3.05, 3.63) is 54.1 Å². The van der Waals surface area contributed by atoms with Crippen molar-refractivity contribution in [3.63, 3.8) is 0 Å². The van der Waals surface area contributed by atoms with Gasteiger partial charge in [0.05, 0.1) is 10.9 Å². The van der Waals surface area contributed by atoms with Gasteiger partial charge in [0, 0.05) is 30.2 Å². The van der Waals surface area contributed by atoms with Crippen LogP contribution in [0, 0.1) is 0 Å². The van der Waals surface area contributed by atoms with E-state index in [-0.39, 0.29) is 6.10 Å². The molecule has 1 fully saturated rings. The lowest BCUT2D eigenvalue weighted by atomic mass is 10.1. The molecule has 0 aromatic heterocycles. The number of nitrogens with zero attached hydrogens (tertiary/aromatic N) is 1. The Balaban J connectivity index is 1.58. The highest BCUT2D eigenvalue weighted by molar-refractivity contribution is 7.94. The molecule has 0 amide bonds. The smallest absolute Gasteiger partial charge is 0.237 e. The molecule has 1 aliphatic rings. The summed E-state index contributed by atoms with van der Waals surface area (Å²) >= 11 is 0. The molecular weight excluding hydrogens is 417 g/mol. The van der Waals surface area contributed by atoms with Gasteiger partial charge in [0.1, 0.15) is 6.10 Å². The summed E-state index contributed by atoms with van der Waals surface area (Å²) in [5.74, 6) is 0. The van der Waals surface area contributed by atoms with Gasteiger partial charge >= 0.3 is 0 Å². The van der Waals surface area contributed by atoms with Gasteiger partial charge in [0.25, 0.3) is 0 Å². The fourth-order valence-electron chi connectivity index (χ4n) is 3.33. The molecule has 170 valence electrons. The first-order valence-electron chi connectivity index (χ1n) is 10.5. The summed E-state index contributed by atoms with van der Waals surface area (Å²) < 4.78 is 46.3. The lowest BCUT2D eigenvalue weighted by molar-refractivity contribution is -0.0614. The molecular formula is C23H32FN3O3S. The van der Waals surface area contributed by atoms with Crippen molar-refractivity contribution in [2.45, 2.75) is 64.4 Å². The monoisotopic (exact) mass is 449 g/mol. The second-order valence-electron chi connectivity index (χ2n) is 8.99. The SMILES string of the molecule is CC1CN(c2ccc(NCc3ccc(NS(=O)(=O)C(C)(C)C)cc3)cc2)C(F)C(C)O1. The van der Waals surface area contributed by atoms with E-state index in [9.17, 15) is 12.8 Å². The van der Waals surface area contributed by atoms with Crippen LogP contribution in [0.2, 0.25) is 0 Å². The van der Waals surface area contributed by atoms with E-state index >= 15 is 0 Å². The predicted octanol–water partition coefficient (Wildman–Crippen LogP) is 4.75. The number of hydrogen-bond acceptors (Lipinski definition) is 5. The number of morpholine rings is 1. The summed E-state index contributed by atoms with van der Waals surface area (Å²) in [7, 11) is -3.45. The van der Waals surface area contributed by atoms with Crippen LogP contribution in [-0.4, -0.2) is 38.2 Å². The van der Waals surface area contributed by atoms with Gasteiger partial charge in [-0.2, -0.15) is 0 Å². The summed E-state index contributed by atoms with van der Waals surface area (Å²) in [6.45, 7) is 9.78. The number of halogens is 1. The van der Waals surface area contributed by atoms with Gasteiger partial charge in [-0.05, 0) is 76.6 Å². The Morgan fingerprint density at radius 3 is 2.19 bits per heavy atom. The molecule has 3 unspecified atom stereocenters. The zero-order chi connectivity index (χ0) is 22.8. The summed E-state index contributed by atoms with van der Waals surface area (Å²) in [5, 5.41) is 3.34.